The number of benzene rings is 3. The number of hydrogen-bond donors (Lipinski definition) is 0. The van der Waals surface area contributed by atoms with Crippen molar-refractivity contribution in [3.8, 4) is 16.9 Å². The SMILES string of the molecule is O=C(c1cn(-c2ccccc2)nc1-c1ccc(F)cc1)N1CCN(Cc2ccccc2)CC1. The first kappa shape index (κ1) is 21.1. The van der Waals surface area contributed by atoms with E-state index in [0.717, 1.165) is 30.9 Å². The Hall–Kier alpha value is -3.77. The molecule has 5 rings (SSSR count). The van der Waals surface area contributed by atoms with Crippen LogP contribution in [-0.4, -0.2) is 51.7 Å². The van der Waals surface area contributed by atoms with Crippen LogP contribution >= 0.6 is 0 Å². The zero-order valence-corrected chi connectivity index (χ0v) is 18.3. The summed E-state index contributed by atoms with van der Waals surface area (Å²) in [6.07, 6.45) is 1.78. The minimum absolute atomic E-state index is 0.0455. The lowest BCUT2D eigenvalue weighted by molar-refractivity contribution is 0.0629. The van der Waals surface area contributed by atoms with Gasteiger partial charge in [0.25, 0.3) is 5.91 Å². The third-order valence-corrected chi connectivity index (χ3v) is 5.99. The number of halogens is 1. The fourth-order valence-corrected chi connectivity index (χ4v) is 4.19. The van der Waals surface area contributed by atoms with Crippen LogP contribution in [0.2, 0.25) is 0 Å². The van der Waals surface area contributed by atoms with Gasteiger partial charge < -0.3 is 4.90 Å². The van der Waals surface area contributed by atoms with Gasteiger partial charge in [-0.1, -0.05) is 48.5 Å². The van der Waals surface area contributed by atoms with E-state index < -0.39 is 0 Å². The average Bonchev–Trinajstić information content (AvgIpc) is 3.31. The minimum Gasteiger partial charge on any atom is -0.336 e. The van der Waals surface area contributed by atoms with Crippen molar-refractivity contribution in [1.29, 1.82) is 0 Å². The van der Waals surface area contributed by atoms with Crippen molar-refractivity contribution < 1.29 is 9.18 Å². The van der Waals surface area contributed by atoms with Crippen molar-refractivity contribution in [2.24, 2.45) is 0 Å². The summed E-state index contributed by atoms with van der Waals surface area (Å²) >= 11 is 0. The summed E-state index contributed by atoms with van der Waals surface area (Å²) in [5, 5.41) is 4.70. The van der Waals surface area contributed by atoms with Gasteiger partial charge in [0.1, 0.15) is 11.5 Å². The smallest absolute Gasteiger partial charge is 0.257 e. The van der Waals surface area contributed by atoms with Gasteiger partial charge in [0, 0.05) is 44.5 Å². The Kier molecular flexibility index (Phi) is 6.00. The first-order valence-electron chi connectivity index (χ1n) is 11.1. The molecule has 0 unspecified atom stereocenters. The molecule has 3 aromatic carbocycles. The molecule has 0 aliphatic carbocycles. The molecule has 1 amide bonds. The van der Waals surface area contributed by atoms with Gasteiger partial charge in [-0.25, -0.2) is 9.07 Å². The number of para-hydroxylation sites is 1. The molecular weight excluding hydrogens is 415 g/mol. The maximum absolute atomic E-state index is 13.6. The summed E-state index contributed by atoms with van der Waals surface area (Å²) in [6, 6.07) is 26.2. The van der Waals surface area contributed by atoms with E-state index in [4.69, 9.17) is 5.10 Å². The second-order valence-corrected chi connectivity index (χ2v) is 8.23. The average molecular weight is 441 g/mol. The van der Waals surface area contributed by atoms with Gasteiger partial charge in [-0.05, 0) is 42.0 Å². The molecule has 166 valence electrons. The van der Waals surface area contributed by atoms with Crippen molar-refractivity contribution >= 4 is 5.91 Å². The van der Waals surface area contributed by atoms with Crippen molar-refractivity contribution in [3.63, 3.8) is 0 Å². The fraction of sp³-hybridized carbons (Fsp3) is 0.185. The summed E-state index contributed by atoms with van der Waals surface area (Å²) in [6.45, 7) is 3.84. The number of piperazine rings is 1. The maximum atomic E-state index is 13.6. The number of amides is 1. The molecule has 1 fully saturated rings. The van der Waals surface area contributed by atoms with E-state index in [9.17, 15) is 9.18 Å². The van der Waals surface area contributed by atoms with E-state index in [0.29, 0.717) is 24.3 Å². The largest absolute Gasteiger partial charge is 0.336 e. The normalized spacial score (nSPS) is 14.4. The van der Waals surface area contributed by atoms with E-state index in [2.05, 4.69) is 29.2 Å². The van der Waals surface area contributed by atoms with E-state index in [1.807, 2.05) is 41.3 Å². The Morgan fingerprint density at radius 1 is 0.818 bits per heavy atom. The van der Waals surface area contributed by atoms with Crippen molar-refractivity contribution in [1.82, 2.24) is 19.6 Å². The molecular formula is C27H25FN4O. The van der Waals surface area contributed by atoms with Gasteiger partial charge in [-0.2, -0.15) is 5.10 Å². The summed E-state index contributed by atoms with van der Waals surface area (Å²) in [4.78, 5) is 17.8. The number of hydrogen-bond acceptors (Lipinski definition) is 3. The molecule has 0 saturated carbocycles. The highest BCUT2D eigenvalue weighted by molar-refractivity contribution is 6.00. The molecule has 0 N–H and O–H groups in total. The zero-order chi connectivity index (χ0) is 22.6. The summed E-state index contributed by atoms with van der Waals surface area (Å²) in [5.74, 6) is -0.362. The van der Waals surface area contributed by atoms with Crippen molar-refractivity contribution in [2.45, 2.75) is 6.54 Å². The van der Waals surface area contributed by atoms with Crippen molar-refractivity contribution in [3.05, 3.63) is 108 Å². The zero-order valence-electron chi connectivity index (χ0n) is 18.3. The van der Waals surface area contributed by atoms with Crippen LogP contribution in [0.25, 0.3) is 16.9 Å². The Bertz CT molecular complexity index is 1210. The second kappa shape index (κ2) is 9.38. The molecule has 1 aliphatic rings. The Morgan fingerprint density at radius 2 is 1.45 bits per heavy atom. The maximum Gasteiger partial charge on any atom is 0.257 e. The molecule has 33 heavy (non-hydrogen) atoms. The topological polar surface area (TPSA) is 41.4 Å². The van der Waals surface area contributed by atoms with Crippen LogP contribution in [0.5, 0.6) is 0 Å². The van der Waals surface area contributed by atoms with Gasteiger partial charge in [-0.3, -0.25) is 9.69 Å². The lowest BCUT2D eigenvalue weighted by Crippen LogP contribution is -2.48. The van der Waals surface area contributed by atoms with Crippen LogP contribution < -0.4 is 0 Å². The predicted molar refractivity (Wildman–Crippen MR) is 127 cm³/mol. The van der Waals surface area contributed by atoms with E-state index in [1.54, 1.807) is 23.0 Å². The molecule has 5 nitrogen and oxygen atoms in total. The monoisotopic (exact) mass is 440 g/mol. The molecule has 4 aromatic rings. The number of aromatic nitrogens is 2. The van der Waals surface area contributed by atoms with Crippen LogP contribution in [0, 0.1) is 5.82 Å². The van der Waals surface area contributed by atoms with Gasteiger partial charge in [0.05, 0.1) is 11.3 Å². The first-order chi connectivity index (χ1) is 16.2. The van der Waals surface area contributed by atoms with Crippen LogP contribution in [0.15, 0.2) is 91.1 Å². The van der Waals surface area contributed by atoms with Crippen LogP contribution in [-0.2, 0) is 6.54 Å². The number of carbonyl (C=O) groups excluding carboxylic acids is 1. The predicted octanol–water partition coefficient (Wildman–Crippen LogP) is 4.64. The van der Waals surface area contributed by atoms with Gasteiger partial charge in [-0.15, -0.1) is 0 Å². The third kappa shape index (κ3) is 4.71. The van der Waals surface area contributed by atoms with Crippen LogP contribution in [0.4, 0.5) is 4.39 Å². The fourth-order valence-electron chi connectivity index (χ4n) is 4.19. The second-order valence-electron chi connectivity index (χ2n) is 8.23. The highest BCUT2D eigenvalue weighted by atomic mass is 19.1. The van der Waals surface area contributed by atoms with Gasteiger partial charge in [0.15, 0.2) is 0 Å². The summed E-state index contributed by atoms with van der Waals surface area (Å²) in [5.41, 5.74) is 3.96. The highest BCUT2D eigenvalue weighted by Crippen LogP contribution is 2.26. The first-order valence-corrected chi connectivity index (χ1v) is 11.1. The van der Waals surface area contributed by atoms with Crippen LogP contribution in [0.1, 0.15) is 15.9 Å². The summed E-state index contributed by atoms with van der Waals surface area (Å²) in [7, 11) is 0. The molecule has 1 saturated heterocycles. The standard InChI is InChI=1S/C27H25FN4O/c28-23-13-11-22(12-14-23)26-25(20-32(29-26)24-9-5-2-6-10-24)27(33)31-17-15-30(16-18-31)19-21-7-3-1-4-8-21/h1-14,20H,15-19H2. The van der Waals surface area contributed by atoms with Gasteiger partial charge in [0.2, 0.25) is 0 Å². The van der Waals surface area contributed by atoms with Crippen molar-refractivity contribution in [2.75, 3.05) is 26.2 Å². The van der Waals surface area contributed by atoms with E-state index in [-0.39, 0.29) is 11.7 Å². The third-order valence-electron chi connectivity index (χ3n) is 5.99. The lowest BCUT2D eigenvalue weighted by Gasteiger charge is -2.34. The molecule has 0 spiro atoms. The van der Waals surface area contributed by atoms with Crippen LogP contribution in [0.3, 0.4) is 0 Å². The molecule has 6 heteroatoms. The number of rotatable bonds is 5. The lowest BCUT2D eigenvalue weighted by atomic mass is 10.1. The quantitative estimate of drug-likeness (QED) is 0.454. The van der Waals surface area contributed by atoms with E-state index in [1.165, 1.54) is 17.7 Å². The highest BCUT2D eigenvalue weighted by Gasteiger charge is 2.26. The summed E-state index contributed by atoms with van der Waals surface area (Å²) < 4.78 is 15.2. The molecule has 0 atom stereocenters. The molecule has 1 aliphatic heterocycles. The Labute approximate surface area is 192 Å². The molecule has 0 radical (unpaired) electrons. The molecule has 0 bridgehead atoms. The Balaban J connectivity index is 1.38. The number of nitrogens with zero attached hydrogens (tertiary/aromatic N) is 4. The Morgan fingerprint density at radius 3 is 2.12 bits per heavy atom. The van der Waals surface area contributed by atoms with Gasteiger partial charge >= 0.3 is 0 Å². The number of carbonyl (C=O) groups is 1. The van der Waals surface area contributed by atoms with E-state index >= 15 is 0 Å². The molecule has 2 heterocycles. The minimum atomic E-state index is -0.316. The molecule has 1 aromatic heterocycles.